The first-order valence-corrected chi connectivity index (χ1v) is 3.89. The van der Waals surface area contributed by atoms with Crippen molar-refractivity contribution in [2.24, 2.45) is 11.8 Å². The number of aliphatic hydroxyl groups excluding tert-OH is 1. The lowest BCUT2D eigenvalue weighted by atomic mass is 9.75. The van der Waals surface area contributed by atoms with Gasteiger partial charge >= 0.3 is 0 Å². The van der Waals surface area contributed by atoms with Crippen molar-refractivity contribution in [1.82, 2.24) is 0 Å². The zero-order valence-electron chi connectivity index (χ0n) is 5.10. The van der Waals surface area contributed by atoms with Crippen molar-refractivity contribution in [2.75, 3.05) is 6.61 Å². The van der Waals surface area contributed by atoms with Crippen molar-refractivity contribution in [1.29, 1.82) is 0 Å². The molecule has 0 amide bonds. The summed E-state index contributed by atoms with van der Waals surface area (Å²) in [4.78, 5) is 2.69. The summed E-state index contributed by atoms with van der Waals surface area (Å²) in [5, 5.41) is 8.70. The van der Waals surface area contributed by atoms with Crippen LogP contribution < -0.4 is 0 Å². The van der Waals surface area contributed by atoms with E-state index in [0.29, 0.717) is 18.4 Å². The van der Waals surface area contributed by atoms with Gasteiger partial charge in [0.25, 0.3) is 0 Å². The van der Waals surface area contributed by atoms with Crippen molar-refractivity contribution < 1.29 is 5.11 Å². The third-order valence-corrected chi connectivity index (χ3v) is 2.12. The smallest absolute Gasteiger partial charge is 0.0471 e. The molecule has 0 saturated heterocycles. The normalized spacial score (nSPS) is 32.2. The van der Waals surface area contributed by atoms with Gasteiger partial charge in [-0.15, -0.1) is 0 Å². The monoisotopic (exact) mass is 188 g/mol. The molecule has 1 nitrogen and oxygen atoms in total. The van der Waals surface area contributed by atoms with Gasteiger partial charge in [-0.1, -0.05) is 5.92 Å². The summed E-state index contributed by atoms with van der Waals surface area (Å²) in [6.07, 6.45) is 2.30. The van der Waals surface area contributed by atoms with E-state index in [1.807, 2.05) is 0 Å². The highest BCUT2D eigenvalue weighted by molar-refractivity contribution is 9.12. The van der Waals surface area contributed by atoms with E-state index in [9.17, 15) is 0 Å². The van der Waals surface area contributed by atoms with Crippen LogP contribution in [0.3, 0.4) is 0 Å². The van der Waals surface area contributed by atoms with Crippen LogP contribution in [-0.4, -0.2) is 11.7 Å². The number of hydrogen-bond donors (Lipinski definition) is 1. The van der Waals surface area contributed by atoms with E-state index in [2.05, 4.69) is 26.7 Å². The van der Waals surface area contributed by atoms with Crippen LogP contribution in [-0.2, 0) is 0 Å². The van der Waals surface area contributed by atoms with Crippen molar-refractivity contribution in [2.45, 2.75) is 12.8 Å². The van der Waals surface area contributed by atoms with Crippen LogP contribution in [0, 0.1) is 22.6 Å². The lowest BCUT2D eigenvalue weighted by molar-refractivity contribution is 0.125. The second-order valence-corrected chi connectivity index (χ2v) is 2.76. The predicted octanol–water partition coefficient (Wildman–Crippen LogP) is 1.36. The molecular weight excluding hydrogens is 180 g/mol. The first-order valence-electron chi connectivity index (χ1n) is 3.10. The maximum absolute atomic E-state index is 8.70. The SMILES string of the molecule is OC[C@@H]1CC[C@H]1C#CBr. The lowest BCUT2D eigenvalue weighted by Crippen LogP contribution is -2.27. The summed E-state index contributed by atoms with van der Waals surface area (Å²) < 4.78 is 0. The Bertz CT molecular complexity index is 143. The highest BCUT2D eigenvalue weighted by atomic mass is 79.9. The molecule has 50 valence electrons. The summed E-state index contributed by atoms with van der Waals surface area (Å²) >= 11 is 3.04. The minimum atomic E-state index is 0.298. The molecule has 2 heteroatoms. The maximum atomic E-state index is 8.70. The Hall–Kier alpha value is 0. The van der Waals surface area contributed by atoms with E-state index >= 15 is 0 Å². The van der Waals surface area contributed by atoms with Gasteiger partial charge in [0, 0.05) is 28.5 Å². The van der Waals surface area contributed by atoms with Gasteiger partial charge in [0.1, 0.15) is 0 Å². The average Bonchev–Trinajstić information content (AvgIpc) is 1.82. The number of hydrogen-bond acceptors (Lipinski definition) is 1. The number of aliphatic hydroxyl groups is 1. The third kappa shape index (κ3) is 1.47. The first kappa shape index (κ1) is 7.11. The van der Waals surface area contributed by atoms with E-state index in [1.165, 1.54) is 0 Å². The minimum Gasteiger partial charge on any atom is -0.396 e. The molecule has 0 aliphatic heterocycles. The molecule has 0 aromatic heterocycles. The van der Waals surface area contributed by atoms with Gasteiger partial charge in [0.05, 0.1) is 0 Å². The molecule has 1 aliphatic carbocycles. The summed E-state index contributed by atoms with van der Waals surface area (Å²) in [6, 6.07) is 0. The summed E-state index contributed by atoms with van der Waals surface area (Å²) in [5.74, 6) is 3.90. The molecule has 1 saturated carbocycles. The fraction of sp³-hybridized carbons (Fsp3) is 0.714. The van der Waals surface area contributed by atoms with Crippen LogP contribution in [0.5, 0.6) is 0 Å². The zero-order valence-corrected chi connectivity index (χ0v) is 6.69. The Balaban J connectivity index is 2.33. The topological polar surface area (TPSA) is 20.2 Å². The predicted molar refractivity (Wildman–Crippen MR) is 40.0 cm³/mol. The van der Waals surface area contributed by atoms with Crippen LogP contribution >= 0.6 is 15.9 Å². The lowest BCUT2D eigenvalue weighted by Gasteiger charge is -2.30. The fourth-order valence-corrected chi connectivity index (χ4v) is 1.34. The number of halogens is 1. The third-order valence-electron chi connectivity index (χ3n) is 1.89. The van der Waals surface area contributed by atoms with Gasteiger partial charge in [0.2, 0.25) is 0 Å². The molecule has 0 spiro atoms. The van der Waals surface area contributed by atoms with Gasteiger partial charge in [-0.25, -0.2) is 0 Å². The van der Waals surface area contributed by atoms with Gasteiger partial charge in [-0.2, -0.15) is 0 Å². The second-order valence-electron chi connectivity index (χ2n) is 2.37. The molecular formula is C7H9BrO. The van der Waals surface area contributed by atoms with Crippen molar-refractivity contribution >= 4 is 15.9 Å². The van der Waals surface area contributed by atoms with Crippen LogP contribution in [0.1, 0.15) is 12.8 Å². The van der Waals surface area contributed by atoms with Crippen LogP contribution in [0.25, 0.3) is 0 Å². The molecule has 1 N–H and O–H groups in total. The van der Waals surface area contributed by atoms with E-state index in [-0.39, 0.29) is 0 Å². The van der Waals surface area contributed by atoms with Gasteiger partial charge in [-0.05, 0) is 23.6 Å². The molecule has 0 aromatic carbocycles. The van der Waals surface area contributed by atoms with Crippen LogP contribution in [0.15, 0.2) is 0 Å². The molecule has 9 heavy (non-hydrogen) atoms. The first-order chi connectivity index (χ1) is 4.38. The molecule has 1 aliphatic rings. The highest BCUT2D eigenvalue weighted by Gasteiger charge is 2.28. The van der Waals surface area contributed by atoms with Crippen molar-refractivity contribution in [3.8, 4) is 10.8 Å². The fourth-order valence-electron chi connectivity index (χ4n) is 1.05. The zero-order chi connectivity index (χ0) is 6.69. The summed E-state index contributed by atoms with van der Waals surface area (Å²) in [6.45, 7) is 0.298. The highest BCUT2D eigenvalue weighted by Crippen LogP contribution is 2.32. The molecule has 0 unspecified atom stereocenters. The Labute approximate surface area is 63.6 Å². The molecule has 0 aromatic rings. The Morgan fingerprint density at radius 2 is 2.33 bits per heavy atom. The van der Waals surface area contributed by atoms with Gasteiger partial charge < -0.3 is 5.11 Å². The second kappa shape index (κ2) is 3.24. The standard InChI is InChI=1S/C7H9BrO/c8-4-3-6-1-2-7(6)5-9/h6-7,9H,1-2,5H2/t6-,7-/m0/s1. The van der Waals surface area contributed by atoms with E-state index in [0.717, 1.165) is 12.8 Å². The number of rotatable bonds is 1. The van der Waals surface area contributed by atoms with E-state index < -0.39 is 0 Å². The van der Waals surface area contributed by atoms with Crippen molar-refractivity contribution in [3.05, 3.63) is 0 Å². The Morgan fingerprint density at radius 1 is 1.56 bits per heavy atom. The molecule has 2 atom stereocenters. The van der Waals surface area contributed by atoms with Crippen molar-refractivity contribution in [3.63, 3.8) is 0 Å². The summed E-state index contributed by atoms with van der Waals surface area (Å²) in [7, 11) is 0. The quantitative estimate of drug-likeness (QED) is 0.617. The summed E-state index contributed by atoms with van der Waals surface area (Å²) in [5.41, 5.74) is 0. The Morgan fingerprint density at radius 3 is 2.67 bits per heavy atom. The maximum Gasteiger partial charge on any atom is 0.0471 e. The minimum absolute atomic E-state index is 0.298. The molecule has 1 rings (SSSR count). The van der Waals surface area contributed by atoms with Gasteiger partial charge in [-0.3, -0.25) is 0 Å². The van der Waals surface area contributed by atoms with E-state index in [4.69, 9.17) is 5.11 Å². The van der Waals surface area contributed by atoms with E-state index in [1.54, 1.807) is 0 Å². The molecule has 1 fully saturated rings. The van der Waals surface area contributed by atoms with Crippen LogP contribution in [0.4, 0.5) is 0 Å². The average molecular weight is 189 g/mol. The molecule has 0 radical (unpaired) electrons. The van der Waals surface area contributed by atoms with Crippen LogP contribution in [0.2, 0.25) is 0 Å². The van der Waals surface area contributed by atoms with Gasteiger partial charge in [0.15, 0.2) is 0 Å². The molecule has 0 heterocycles. The molecule has 0 bridgehead atoms. The Kier molecular flexibility index (Phi) is 2.56. The largest absolute Gasteiger partial charge is 0.396 e.